The molecule has 4 amide bonds. The predicted molar refractivity (Wildman–Crippen MR) is 252 cm³/mol. The molecule has 0 aliphatic carbocycles. The molecular formula is C46H36Cl4F6N8O6. The highest BCUT2D eigenvalue weighted by Crippen LogP contribution is 2.42. The van der Waals surface area contributed by atoms with Crippen molar-refractivity contribution in [3.8, 4) is 0 Å². The minimum absolute atomic E-state index is 0.207. The van der Waals surface area contributed by atoms with Gasteiger partial charge in [0.25, 0.3) is 23.6 Å². The molecule has 0 bridgehead atoms. The fraction of sp³-hybridized carbons (Fsp3) is 0.217. The van der Waals surface area contributed by atoms with Crippen LogP contribution in [0, 0.1) is 0 Å². The summed E-state index contributed by atoms with van der Waals surface area (Å²) in [7, 11) is 0. The maximum Gasteiger partial charge on any atom is 0.419 e. The van der Waals surface area contributed by atoms with Gasteiger partial charge in [0.1, 0.15) is 11.4 Å². The van der Waals surface area contributed by atoms with Gasteiger partial charge in [0, 0.05) is 11.4 Å². The Labute approximate surface area is 414 Å². The molecule has 0 radical (unpaired) electrons. The van der Waals surface area contributed by atoms with Gasteiger partial charge in [-0.2, -0.15) is 46.8 Å². The van der Waals surface area contributed by atoms with E-state index in [1.165, 1.54) is 60.7 Å². The molecule has 0 spiro atoms. The van der Waals surface area contributed by atoms with Gasteiger partial charge in [-0.25, -0.2) is 0 Å². The summed E-state index contributed by atoms with van der Waals surface area (Å²) in [4.78, 5) is 78.9. The Kier molecular flexibility index (Phi) is 17.6. The van der Waals surface area contributed by atoms with Crippen LogP contribution in [0.4, 0.5) is 60.5 Å². The molecular weight excluding hydrogens is 1020 g/mol. The molecule has 14 nitrogen and oxygen atoms in total. The second kappa shape index (κ2) is 22.8. The minimum atomic E-state index is -4.91. The summed E-state index contributed by atoms with van der Waals surface area (Å²) in [5.74, 6) is -5.52. The number of Topliss-reactive ketones (excluding diaryl/α,β-unsaturated/α-hetero) is 2. The number of rotatable bonds is 16. The van der Waals surface area contributed by atoms with E-state index in [1.807, 2.05) is 0 Å². The lowest BCUT2D eigenvalue weighted by Gasteiger charge is -2.18. The third-order valence-corrected chi connectivity index (χ3v) is 11.4. The van der Waals surface area contributed by atoms with Gasteiger partial charge in [-0.15, -0.1) is 0 Å². The van der Waals surface area contributed by atoms with Crippen molar-refractivity contribution in [2.45, 2.75) is 65.0 Å². The van der Waals surface area contributed by atoms with Crippen LogP contribution in [0.5, 0.6) is 0 Å². The summed E-state index contributed by atoms with van der Waals surface area (Å²) in [6.07, 6.45) is -9.31. The normalized spacial score (nSPS) is 12.7. The standard InChI is InChI=1S/C46H36Cl4F6N8O6/c1-5-23-19-34(60-44(70)40(22(4)66)64-62-32-18-8-12-26(38(32)50)42(68)58-30-16-10-14-28(48)36(30)46(54,55)56)24(6-2)20-33(23)59-43(69)39(21(3)65)63-61-31-17-7-11-25(37(31)49)41(67)57-29-15-9-13-27(47)35(29)45(51,52)53/h7-20,39-40H,5-6H2,1-4H3,(H,57,67)(H,58,68)(H,59,69)(H,60,70). The van der Waals surface area contributed by atoms with Gasteiger partial charge in [-0.1, -0.05) is 84.5 Å². The van der Waals surface area contributed by atoms with Crippen molar-refractivity contribution in [1.82, 2.24) is 0 Å². The zero-order valence-corrected chi connectivity index (χ0v) is 39.7. The van der Waals surface area contributed by atoms with Crippen LogP contribution in [-0.4, -0.2) is 47.3 Å². The van der Waals surface area contributed by atoms with Crippen LogP contribution in [0.25, 0.3) is 0 Å². The van der Waals surface area contributed by atoms with E-state index in [0.29, 0.717) is 11.1 Å². The number of nitrogens with zero attached hydrogens (tertiary/aromatic N) is 4. The first-order valence-corrected chi connectivity index (χ1v) is 21.9. The van der Waals surface area contributed by atoms with Crippen LogP contribution in [0.2, 0.25) is 20.1 Å². The molecule has 24 heteroatoms. The maximum absolute atomic E-state index is 13.7. The van der Waals surface area contributed by atoms with Crippen LogP contribution in [0.3, 0.4) is 0 Å². The summed E-state index contributed by atoms with van der Waals surface area (Å²) in [6.45, 7) is 5.58. The van der Waals surface area contributed by atoms with E-state index in [4.69, 9.17) is 46.4 Å². The number of anilines is 4. The smallest absolute Gasteiger partial charge is 0.323 e. The molecule has 70 heavy (non-hydrogen) atoms. The summed E-state index contributed by atoms with van der Waals surface area (Å²) < 4.78 is 82.2. The van der Waals surface area contributed by atoms with E-state index in [-0.39, 0.29) is 56.8 Å². The predicted octanol–water partition coefficient (Wildman–Crippen LogP) is 13.3. The zero-order valence-electron chi connectivity index (χ0n) is 36.7. The molecule has 0 fully saturated rings. The molecule has 5 rings (SSSR count). The quantitative estimate of drug-likeness (QED) is 0.0430. The fourth-order valence-corrected chi connectivity index (χ4v) is 7.61. The number of azo groups is 2. The van der Waals surface area contributed by atoms with Crippen molar-refractivity contribution in [2.75, 3.05) is 21.3 Å². The minimum Gasteiger partial charge on any atom is -0.323 e. The van der Waals surface area contributed by atoms with E-state index in [2.05, 4.69) is 41.7 Å². The number of hydrogen-bond donors (Lipinski definition) is 4. The highest BCUT2D eigenvalue weighted by Gasteiger charge is 2.38. The first-order chi connectivity index (χ1) is 32.9. The molecule has 2 atom stereocenters. The molecule has 0 aliphatic rings. The van der Waals surface area contributed by atoms with Crippen molar-refractivity contribution in [1.29, 1.82) is 0 Å². The molecule has 0 aromatic heterocycles. The Bertz CT molecular complexity index is 2770. The Balaban J connectivity index is 1.33. The van der Waals surface area contributed by atoms with Gasteiger partial charge in [0.05, 0.1) is 53.7 Å². The first kappa shape index (κ1) is 54.2. The summed E-state index contributed by atoms with van der Waals surface area (Å²) >= 11 is 24.4. The molecule has 2 unspecified atom stereocenters. The van der Waals surface area contributed by atoms with Gasteiger partial charge >= 0.3 is 12.4 Å². The average molecular weight is 1050 g/mol. The van der Waals surface area contributed by atoms with Crippen molar-refractivity contribution in [3.63, 3.8) is 0 Å². The molecule has 0 saturated heterocycles. The molecule has 5 aromatic carbocycles. The number of nitrogens with one attached hydrogen (secondary N) is 4. The third kappa shape index (κ3) is 12.9. The van der Waals surface area contributed by atoms with E-state index in [9.17, 15) is 55.1 Å². The maximum atomic E-state index is 13.7. The number of amides is 4. The Morgan fingerprint density at radius 2 is 0.857 bits per heavy atom. The molecule has 0 heterocycles. The van der Waals surface area contributed by atoms with Crippen LogP contribution in [-0.2, 0) is 44.4 Å². The van der Waals surface area contributed by atoms with E-state index >= 15 is 0 Å². The second-order valence-corrected chi connectivity index (χ2v) is 16.4. The van der Waals surface area contributed by atoms with Crippen molar-refractivity contribution >= 4 is 116 Å². The number of carbonyl (C=O) groups is 6. The van der Waals surface area contributed by atoms with Crippen molar-refractivity contribution in [2.24, 2.45) is 20.5 Å². The van der Waals surface area contributed by atoms with Gasteiger partial charge in [0.2, 0.25) is 12.1 Å². The van der Waals surface area contributed by atoms with Gasteiger partial charge in [-0.3, -0.25) is 28.8 Å². The number of benzene rings is 5. The largest absolute Gasteiger partial charge is 0.419 e. The van der Waals surface area contributed by atoms with Crippen LogP contribution in [0.15, 0.2) is 105 Å². The molecule has 4 N–H and O–H groups in total. The van der Waals surface area contributed by atoms with E-state index < -0.39 is 92.2 Å². The lowest BCUT2D eigenvalue weighted by atomic mass is 10.0. The highest BCUT2D eigenvalue weighted by atomic mass is 35.5. The van der Waals surface area contributed by atoms with Crippen LogP contribution in [0.1, 0.15) is 70.7 Å². The number of carbonyl (C=O) groups excluding carboxylic acids is 6. The number of aryl methyl sites for hydroxylation is 2. The highest BCUT2D eigenvalue weighted by molar-refractivity contribution is 6.37. The zero-order chi connectivity index (χ0) is 51.8. The number of ketones is 2. The van der Waals surface area contributed by atoms with E-state index in [1.54, 1.807) is 13.8 Å². The molecule has 5 aromatic rings. The molecule has 0 saturated carbocycles. The number of halogens is 10. The monoisotopic (exact) mass is 1050 g/mol. The average Bonchev–Trinajstić information content (AvgIpc) is 3.26. The first-order valence-electron chi connectivity index (χ1n) is 20.4. The summed E-state index contributed by atoms with van der Waals surface area (Å²) in [5.41, 5.74) is -3.57. The van der Waals surface area contributed by atoms with Crippen molar-refractivity contribution in [3.05, 3.63) is 138 Å². The summed E-state index contributed by atoms with van der Waals surface area (Å²) in [6, 6.07) is 13.5. The second-order valence-electron chi connectivity index (χ2n) is 14.8. The Morgan fingerprint density at radius 3 is 1.17 bits per heavy atom. The Hall–Kier alpha value is -6.74. The molecule has 366 valence electrons. The van der Waals surface area contributed by atoms with Gasteiger partial charge in [-0.05, 0) is 98.5 Å². The lowest BCUT2D eigenvalue weighted by Crippen LogP contribution is -2.33. The van der Waals surface area contributed by atoms with Crippen LogP contribution >= 0.6 is 46.4 Å². The lowest BCUT2D eigenvalue weighted by molar-refractivity contribution is -0.137. The number of hydrogen-bond acceptors (Lipinski definition) is 10. The van der Waals surface area contributed by atoms with Crippen molar-refractivity contribution < 1.29 is 55.1 Å². The third-order valence-electron chi connectivity index (χ3n) is 9.97. The topological polar surface area (TPSA) is 200 Å². The van der Waals surface area contributed by atoms with E-state index in [0.717, 1.165) is 38.1 Å². The Morgan fingerprint density at radius 1 is 0.514 bits per heavy atom. The number of alkyl halides is 6. The fourth-order valence-electron chi connectivity index (χ4n) is 6.54. The summed E-state index contributed by atoms with van der Waals surface area (Å²) in [5, 5.41) is 23.1. The van der Waals surface area contributed by atoms with Gasteiger partial charge in [0.15, 0.2) is 11.6 Å². The SMILES string of the molecule is CCc1cc(NC(=O)C(N=Nc2cccc(C(=O)Nc3cccc(Cl)c3C(F)(F)F)c2Cl)C(C)=O)c(CC)cc1NC(=O)C(N=Nc1cccc(C(=O)Nc2cccc(Cl)c2C(F)(F)F)c1Cl)C(C)=O. The molecule has 0 aliphatic heterocycles. The van der Waals surface area contributed by atoms with Crippen LogP contribution < -0.4 is 21.3 Å². The van der Waals surface area contributed by atoms with Gasteiger partial charge < -0.3 is 21.3 Å².